The van der Waals surface area contributed by atoms with Gasteiger partial charge in [0.2, 0.25) is 29.5 Å². The van der Waals surface area contributed by atoms with E-state index in [0.29, 0.717) is 75.7 Å². The highest BCUT2D eigenvalue weighted by Gasteiger charge is 2.25. The lowest BCUT2D eigenvalue weighted by atomic mass is 10.0. The van der Waals surface area contributed by atoms with E-state index in [9.17, 15) is 38.2 Å². The van der Waals surface area contributed by atoms with Gasteiger partial charge in [0.25, 0.3) is 10.1 Å². The fourth-order valence-corrected chi connectivity index (χ4v) is 14.8. The van der Waals surface area contributed by atoms with Crippen LogP contribution >= 0.6 is 23.5 Å². The van der Waals surface area contributed by atoms with Crippen molar-refractivity contribution in [1.29, 1.82) is 0 Å². The molecule has 0 amide bonds. The largest absolute Gasteiger partial charge is 0.497 e. The van der Waals surface area contributed by atoms with E-state index in [1.807, 2.05) is 38.1 Å². The van der Waals surface area contributed by atoms with Gasteiger partial charge in [-0.25, -0.2) is 25.3 Å². The van der Waals surface area contributed by atoms with E-state index < -0.39 is 45.4 Å². The molecule has 0 heterocycles. The Kier molecular flexibility index (Phi) is 19.6. The average molecular weight is 1190 g/mol. The lowest BCUT2D eigenvalue weighted by Gasteiger charge is -2.18. The second kappa shape index (κ2) is 26.3. The number of rotatable bonds is 26. The first-order chi connectivity index (χ1) is 38.2. The Labute approximate surface area is 478 Å². The van der Waals surface area contributed by atoms with Crippen molar-refractivity contribution in [2.45, 2.75) is 81.1 Å². The second-order valence-corrected chi connectivity index (χ2v) is 28.9. The summed E-state index contributed by atoms with van der Waals surface area (Å²) in [5, 5.41) is -0.161. The molecule has 0 fully saturated rings. The monoisotopic (exact) mass is 1190 g/mol. The first kappa shape index (κ1) is 59.5. The SMILES string of the molecule is CCCSCCc1cc(S(=O)(=O)c2ccc(Oc3ccc(S(=O)(=O)c4ccc(Oc5ccc(-c6ccc(C)cc6)cc5)cc4)cc3)c(CC(C)SCCCS(=O)(=O)O)c2)ccc1Oc1ccc(S(=O)(=O)c2ccc(OC)cc2)cc1. The van der Waals surface area contributed by atoms with Gasteiger partial charge < -0.3 is 18.9 Å². The van der Waals surface area contributed by atoms with Crippen molar-refractivity contribution in [1.82, 2.24) is 0 Å². The molecule has 0 bridgehead atoms. The minimum Gasteiger partial charge on any atom is -0.497 e. The number of hydrogen-bond acceptors (Lipinski definition) is 14. The van der Waals surface area contributed by atoms with Gasteiger partial charge in [-0.15, -0.1) is 0 Å². The zero-order valence-electron chi connectivity index (χ0n) is 44.4. The van der Waals surface area contributed by atoms with Crippen LogP contribution < -0.4 is 18.9 Å². The predicted molar refractivity (Wildman–Crippen MR) is 316 cm³/mol. The second-order valence-electron chi connectivity index (χ2n) is 18.7. The minimum atomic E-state index is -4.17. The van der Waals surface area contributed by atoms with Crippen LogP contribution in [0.1, 0.15) is 43.4 Å². The summed E-state index contributed by atoms with van der Waals surface area (Å²) < 4.78 is 140. The van der Waals surface area contributed by atoms with E-state index in [2.05, 4.69) is 31.2 Å². The van der Waals surface area contributed by atoms with E-state index in [-0.39, 0.29) is 41.0 Å². The molecule has 0 radical (unpaired) electrons. The molecule has 418 valence electrons. The lowest BCUT2D eigenvalue weighted by Crippen LogP contribution is -2.09. The van der Waals surface area contributed by atoms with Gasteiger partial charge in [-0.2, -0.15) is 31.9 Å². The molecule has 19 heteroatoms. The number of thioether (sulfide) groups is 2. The number of benzene rings is 8. The Morgan fingerprint density at radius 1 is 0.463 bits per heavy atom. The Bertz CT molecular complexity index is 3860. The summed E-state index contributed by atoms with van der Waals surface area (Å²) in [6, 6.07) is 49.3. The third-order valence-corrected chi connectivity index (χ3v) is 21.3. The number of ether oxygens (including phenoxy) is 4. The molecule has 1 atom stereocenters. The molecule has 0 saturated carbocycles. The normalized spacial score (nSPS) is 12.4. The van der Waals surface area contributed by atoms with Crippen molar-refractivity contribution in [3.05, 3.63) is 199 Å². The van der Waals surface area contributed by atoms with Crippen LogP contribution in [0.25, 0.3) is 11.1 Å². The minimum absolute atomic E-state index is 0.00839. The molecule has 0 aromatic heterocycles. The van der Waals surface area contributed by atoms with Gasteiger partial charge in [0.1, 0.15) is 40.2 Å². The molecule has 8 rings (SSSR count). The highest BCUT2D eigenvalue weighted by atomic mass is 32.2. The van der Waals surface area contributed by atoms with Gasteiger partial charge in [-0.1, -0.05) is 55.8 Å². The van der Waals surface area contributed by atoms with Crippen LogP contribution in [0.2, 0.25) is 0 Å². The number of aryl methyl sites for hydroxylation is 2. The van der Waals surface area contributed by atoms with E-state index in [4.69, 9.17) is 18.9 Å². The predicted octanol–water partition coefficient (Wildman–Crippen LogP) is 14.2. The van der Waals surface area contributed by atoms with Crippen molar-refractivity contribution < 1.29 is 57.2 Å². The molecule has 8 aromatic rings. The molecule has 0 aliphatic rings. The van der Waals surface area contributed by atoms with Crippen LogP contribution in [-0.4, -0.2) is 73.6 Å². The summed E-state index contributed by atoms with van der Waals surface area (Å²) in [5.41, 5.74) is 4.45. The van der Waals surface area contributed by atoms with Crippen LogP contribution in [0.4, 0.5) is 0 Å². The maximum absolute atomic E-state index is 14.6. The van der Waals surface area contributed by atoms with E-state index >= 15 is 0 Å². The van der Waals surface area contributed by atoms with Crippen LogP contribution in [0, 0.1) is 6.92 Å². The third kappa shape index (κ3) is 15.4. The summed E-state index contributed by atoms with van der Waals surface area (Å²) in [6.07, 6.45) is 1.95. The van der Waals surface area contributed by atoms with Gasteiger partial charge in [-0.05, 0) is 218 Å². The molecule has 0 saturated heterocycles. The Morgan fingerprint density at radius 3 is 1.30 bits per heavy atom. The highest BCUT2D eigenvalue weighted by Crippen LogP contribution is 2.37. The molecule has 80 heavy (non-hydrogen) atoms. The average Bonchev–Trinajstić information content (AvgIpc) is 3.45. The highest BCUT2D eigenvalue weighted by molar-refractivity contribution is 8.00. The Hall–Kier alpha value is -6.58. The number of sulfone groups is 3. The van der Waals surface area contributed by atoms with Gasteiger partial charge in [0.05, 0.1) is 42.2 Å². The summed E-state index contributed by atoms with van der Waals surface area (Å²) >= 11 is 3.18. The molecular formula is C61H60O13S6. The smallest absolute Gasteiger partial charge is 0.264 e. The fourth-order valence-electron chi connectivity index (χ4n) is 8.40. The lowest BCUT2D eigenvalue weighted by molar-refractivity contribution is 0.414. The van der Waals surface area contributed by atoms with Crippen LogP contribution in [0.5, 0.6) is 40.2 Å². The zero-order chi connectivity index (χ0) is 57.1. The molecule has 0 aliphatic carbocycles. The summed E-state index contributed by atoms with van der Waals surface area (Å²) in [5.74, 6) is 4.58. The van der Waals surface area contributed by atoms with Crippen molar-refractivity contribution in [3.63, 3.8) is 0 Å². The number of hydrogen-bond donors (Lipinski definition) is 1. The quantitative estimate of drug-likeness (QED) is 0.0397. The van der Waals surface area contributed by atoms with Crippen molar-refractivity contribution in [3.8, 4) is 51.4 Å². The first-order valence-electron chi connectivity index (χ1n) is 25.5. The molecule has 1 unspecified atom stereocenters. The molecule has 8 aromatic carbocycles. The summed E-state index contributed by atoms with van der Waals surface area (Å²) in [4.78, 5) is 0.277. The van der Waals surface area contributed by atoms with Crippen molar-refractivity contribution in [2.75, 3.05) is 30.1 Å². The molecular weight excluding hydrogens is 1130 g/mol. The summed E-state index contributed by atoms with van der Waals surface area (Å²) in [6.45, 7) is 6.03. The van der Waals surface area contributed by atoms with E-state index in [0.717, 1.165) is 23.3 Å². The van der Waals surface area contributed by atoms with Crippen LogP contribution in [0.15, 0.2) is 211 Å². The third-order valence-electron chi connectivity index (χ3n) is 12.7. The first-order valence-corrected chi connectivity index (χ1v) is 33.8. The van der Waals surface area contributed by atoms with Gasteiger partial charge in [0, 0.05) is 5.25 Å². The van der Waals surface area contributed by atoms with Gasteiger partial charge >= 0.3 is 0 Å². The van der Waals surface area contributed by atoms with Crippen LogP contribution in [-0.2, 0) is 52.5 Å². The maximum Gasteiger partial charge on any atom is 0.264 e. The molecule has 13 nitrogen and oxygen atoms in total. The molecule has 1 N–H and O–H groups in total. The van der Waals surface area contributed by atoms with Crippen molar-refractivity contribution >= 4 is 63.2 Å². The van der Waals surface area contributed by atoms with E-state index in [1.54, 1.807) is 72.4 Å². The van der Waals surface area contributed by atoms with Crippen LogP contribution in [0.3, 0.4) is 0 Å². The van der Waals surface area contributed by atoms with E-state index in [1.165, 1.54) is 97.2 Å². The zero-order valence-corrected chi connectivity index (χ0v) is 49.2. The van der Waals surface area contributed by atoms with Crippen molar-refractivity contribution in [2.24, 2.45) is 0 Å². The van der Waals surface area contributed by atoms with Gasteiger partial charge in [-0.3, -0.25) is 4.55 Å². The summed E-state index contributed by atoms with van der Waals surface area (Å²) in [7, 11) is -14.6. The Balaban J connectivity index is 1.00. The Morgan fingerprint density at radius 2 is 0.850 bits per heavy atom. The fraction of sp³-hybridized carbons (Fsp3) is 0.213. The van der Waals surface area contributed by atoms with Gasteiger partial charge in [0.15, 0.2) is 0 Å². The standard InChI is InChI=1S/C61H60O13S6/c1-5-36-75-38-35-47-41-58(31-33-60(47)73-52-19-27-56(28-20-52)78(65,66)54-23-15-49(71-4)16-24-54)80(69,70)59-32-34-61(48(42-59)40-44(3)76-37-6-39-77(62,63)64)74-53-21-29-57(30-22-53)79(67,68)55-25-17-51(18-26-55)72-50-13-11-46(12-14-50)45-9-7-43(2)8-10-45/h7-34,41-42,44H,5-6,35-40H2,1-4H3,(H,62,63,64). The topological polar surface area (TPSA) is 194 Å². The maximum atomic E-state index is 14.6. The molecule has 0 spiro atoms. The number of methoxy groups -OCH3 is 1. The molecule has 0 aliphatic heterocycles.